The number of hydrogen-bond acceptors (Lipinski definition) is 5. The SMILES string of the molecule is CCCOc1ccc(/C(O)=C2\C(=O)C(=O)N(c3ccc(F)c(Cl)c3)C2c2ccccn2)cc1C. The number of Topliss-reactive ketones (excluding diaryl/α,β-unsaturated/α-hetero) is 1. The predicted molar refractivity (Wildman–Crippen MR) is 127 cm³/mol. The van der Waals surface area contributed by atoms with Gasteiger partial charge in [0.15, 0.2) is 0 Å². The Morgan fingerprint density at radius 3 is 2.62 bits per heavy atom. The number of hydrogen-bond donors (Lipinski definition) is 1. The Bertz CT molecular complexity index is 1290. The molecule has 1 amide bonds. The number of carbonyl (C=O) groups is 2. The zero-order chi connectivity index (χ0) is 24.4. The van der Waals surface area contributed by atoms with Gasteiger partial charge in [-0.2, -0.15) is 0 Å². The molecule has 1 N–H and O–H groups in total. The molecule has 0 aliphatic carbocycles. The quantitative estimate of drug-likeness (QED) is 0.282. The summed E-state index contributed by atoms with van der Waals surface area (Å²) in [6.07, 6.45) is 2.37. The van der Waals surface area contributed by atoms with Gasteiger partial charge in [-0.15, -0.1) is 0 Å². The van der Waals surface area contributed by atoms with E-state index in [9.17, 15) is 19.1 Å². The van der Waals surface area contributed by atoms with Crippen molar-refractivity contribution in [3.8, 4) is 5.75 Å². The van der Waals surface area contributed by atoms with Crippen LogP contribution in [0, 0.1) is 12.7 Å². The molecule has 1 aliphatic rings. The monoisotopic (exact) mass is 480 g/mol. The number of halogens is 2. The van der Waals surface area contributed by atoms with Gasteiger partial charge in [0, 0.05) is 17.4 Å². The number of carbonyl (C=O) groups excluding carboxylic acids is 2. The summed E-state index contributed by atoms with van der Waals surface area (Å²) in [5.41, 5.74) is 1.58. The Hall–Kier alpha value is -3.71. The van der Waals surface area contributed by atoms with Crippen molar-refractivity contribution in [2.24, 2.45) is 0 Å². The molecular weight excluding hydrogens is 459 g/mol. The van der Waals surface area contributed by atoms with E-state index in [1.807, 2.05) is 13.8 Å². The van der Waals surface area contributed by atoms with E-state index in [2.05, 4.69) is 4.98 Å². The maximum Gasteiger partial charge on any atom is 0.300 e. The second kappa shape index (κ2) is 9.65. The highest BCUT2D eigenvalue weighted by Gasteiger charge is 2.47. The van der Waals surface area contributed by atoms with E-state index < -0.39 is 23.5 Å². The second-order valence-corrected chi connectivity index (χ2v) is 8.26. The van der Waals surface area contributed by atoms with Crippen molar-refractivity contribution in [3.05, 3.63) is 94.0 Å². The lowest BCUT2D eigenvalue weighted by molar-refractivity contribution is -0.132. The Morgan fingerprint density at radius 1 is 1.18 bits per heavy atom. The first-order valence-corrected chi connectivity index (χ1v) is 11.1. The lowest BCUT2D eigenvalue weighted by Gasteiger charge is -2.24. The number of amides is 1. The number of ether oxygens (including phenoxy) is 1. The van der Waals surface area contributed by atoms with Crippen LogP contribution in [0.1, 0.15) is 36.2 Å². The van der Waals surface area contributed by atoms with Gasteiger partial charge in [-0.05, 0) is 67.4 Å². The zero-order valence-electron chi connectivity index (χ0n) is 18.6. The van der Waals surface area contributed by atoms with Gasteiger partial charge in [-0.25, -0.2) is 4.39 Å². The fraction of sp³-hybridized carbons (Fsp3) is 0.192. The molecule has 1 saturated heterocycles. The van der Waals surface area contributed by atoms with Crippen molar-refractivity contribution in [2.75, 3.05) is 11.5 Å². The van der Waals surface area contributed by atoms with Crippen LogP contribution in [0.4, 0.5) is 10.1 Å². The minimum atomic E-state index is -1.03. The molecule has 0 spiro atoms. The number of ketones is 1. The summed E-state index contributed by atoms with van der Waals surface area (Å²) < 4.78 is 19.5. The van der Waals surface area contributed by atoms with E-state index >= 15 is 0 Å². The number of benzene rings is 2. The maximum atomic E-state index is 13.8. The molecule has 34 heavy (non-hydrogen) atoms. The first-order valence-electron chi connectivity index (χ1n) is 10.7. The fourth-order valence-corrected chi connectivity index (χ4v) is 4.05. The van der Waals surface area contributed by atoms with Gasteiger partial charge in [-0.1, -0.05) is 24.6 Å². The first-order chi connectivity index (χ1) is 16.3. The highest BCUT2D eigenvalue weighted by Crippen LogP contribution is 2.42. The Labute approximate surface area is 201 Å². The van der Waals surface area contributed by atoms with Crippen molar-refractivity contribution < 1.29 is 23.8 Å². The van der Waals surface area contributed by atoms with E-state index in [-0.39, 0.29) is 22.0 Å². The normalized spacial score (nSPS) is 17.3. The van der Waals surface area contributed by atoms with Gasteiger partial charge in [0.1, 0.15) is 23.4 Å². The van der Waals surface area contributed by atoms with Gasteiger partial charge < -0.3 is 9.84 Å². The van der Waals surface area contributed by atoms with E-state index in [1.165, 1.54) is 23.2 Å². The third-order valence-corrected chi connectivity index (χ3v) is 5.79. The molecule has 1 aliphatic heterocycles. The second-order valence-electron chi connectivity index (χ2n) is 7.85. The summed E-state index contributed by atoms with van der Waals surface area (Å²) >= 11 is 5.95. The van der Waals surface area contributed by atoms with E-state index in [4.69, 9.17) is 16.3 Å². The van der Waals surface area contributed by atoms with Crippen LogP contribution in [-0.2, 0) is 9.59 Å². The maximum absolute atomic E-state index is 13.8. The molecule has 1 unspecified atom stereocenters. The molecule has 4 rings (SSSR count). The summed E-state index contributed by atoms with van der Waals surface area (Å²) in [5, 5.41) is 11.0. The molecule has 0 saturated carbocycles. The zero-order valence-corrected chi connectivity index (χ0v) is 19.3. The van der Waals surface area contributed by atoms with Gasteiger partial charge in [-0.3, -0.25) is 19.5 Å². The number of nitrogens with zero attached hydrogens (tertiary/aromatic N) is 2. The molecule has 1 aromatic heterocycles. The van der Waals surface area contributed by atoms with Gasteiger partial charge >= 0.3 is 0 Å². The number of aryl methyl sites for hydroxylation is 1. The number of aliphatic hydroxyl groups excluding tert-OH is 1. The molecule has 174 valence electrons. The third-order valence-electron chi connectivity index (χ3n) is 5.50. The number of rotatable bonds is 6. The first kappa shape index (κ1) is 23.4. The molecular formula is C26H22ClFN2O4. The van der Waals surface area contributed by atoms with Crippen LogP contribution in [-0.4, -0.2) is 28.4 Å². The molecule has 0 radical (unpaired) electrons. The average Bonchev–Trinajstić information content (AvgIpc) is 3.10. The van der Waals surface area contributed by atoms with Gasteiger partial charge in [0.05, 0.1) is 22.9 Å². The van der Waals surface area contributed by atoms with E-state index in [0.717, 1.165) is 18.1 Å². The highest BCUT2D eigenvalue weighted by molar-refractivity contribution is 6.51. The summed E-state index contributed by atoms with van der Waals surface area (Å²) in [6, 6.07) is 12.8. The lowest BCUT2D eigenvalue weighted by atomic mass is 9.97. The van der Waals surface area contributed by atoms with Crippen LogP contribution in [0.3, 0.4) is 0 Å². The van der Waals surface area contributed by atoms with Crippen molar-refractivity contribution in [3.63, 3.8) is 0 Å². The van der Waals surface area contributed by atoms with Crippen molar-refractivity contribution in [1.29, 1.82) is 0 Å². The van der Waals surface area contributed by atoms with Gasteiger partial charge in [0.25, 0.3) is 11.7 Å². The topological polar surface area (TPSA) is 79.7 Å². The molecule has 6 nitrogen and oxygen atoms in total. The highest BCUT2D eigenvalue weighted by atomic mass is 35.5. The van der Waals surface area contributed by atoms with E-state index in [1.54, 1.807) is 36.4 Å². The summed E-state index contributed by atoms with van der Waals surface area (Å²) in [5.74, 6) is -2.08. The standard InChI is InChI=1S/C26H22ClFN2O4/c1-3-12-34-21-10-7-16(13-15(21)2)24(31)22-23(20-6-4-5-11-29-20)30(26(33)25(22)32)17-8-9-19(28)18(27)14-17/h4-11,13-14,23,31H,3,12H2,1-2H3/b24-22+. The predicted octanol–water partition coefficient (Wildman–Crippen LogP) is 5.60. The van der Waals surface area contributed by atoms with Crippen LogP contribution in [0.25, 0.3) is 5.76 Å². The fourth-order valence-electron chi connectivity index (χ4n) is 3.88. The molecule has 2 aromatic carbocycles. The lowest BCUT2D eigenvalue weighted by Crippen LogP contribution is -2.29. The summed E-state index contributed by atoms with van der Waals surface area (Å²) in [7, 11) is 0. The van der Waals surface area contributed by atoms with Crippen LogP contribution in [0.15, 0.2) is 66.4 Å². The van der Waals surface area contributed by atoms with Crippen molar-refractivity contribution in [1.82, 2.24) is 4.98 Å². The Kier molecular flexibility index (Phi) is 6.65. The van der Waals surface area contributed by atoms with Crippen molar-refractivity contribution >= 4 is 34.7 Å². The largest absolute Gasteiger partial charge is 0.507 e. The number of aliphatic hydroxyl groups is 1. The van der Waals surface area contributed by atoms with E-state index in [0.29, 0.717) is 23.6 Å². The number of aromatic nitrogens is 1. The summed E-state index contributed by atoms with van der Waals surface area (Å²) in [6.45, 7) is 4.38. The van der Waals surface area contributed by atoms with Crippen LogP contribution < -0.4 is 9.64 Å². The molecule has 2 heterocycles. The molecule has 8 heteroatoms. The number of anilines is 1. The number of pyridine rings is 1. The Balaban J connectivity index is 1.87. The average molecular weight is 481 g/mol. The van der Waals surface area contributed by atoms with Crippen LogP contribution >= 0.6 is 11.6 Å². The molecule has 3 aromatic rings. The molecule has 1 atom stereocenters. The van der Waals surface area contributed by atoms with Crippen LogP contribution in [0.2, 0.25) is 5.02 Å². The molecule has 0 bridgehead atoms. The Morgan fingerprint density at radius 2 is 1.97 bits per heavy atom. The van der Waals surface area contributed by atoms with Crippen LogP contribution in [0.5, 0.6) is 5.75 Å². The smallest absolute Gasteiger partial charge is 0.300 e. The minimum Gasteiger partial charge on any atom is -0.507 e. The van der Waals surface area contributed by atoms with Gasteiger partial charge in [0.2, 0.25) is 0 Å². The molecule has 1 fully saturated rings. The van der Waals surface area contributed by atoms with Crippen molar-refractivity contribution in [2.45, 2.75) is 26.3 Å². The minimum absolute atomic E-state index is 0.120. The summed E-state index contributed by atoms with van der Waals surface area (Å²) in [4.78, 5) is 31.8. The third kappa shape index (κ3) is 4.26.